The molecule has 0 saturated heterocycles. The molecule has 0 aromatic carbocycles. The van der Waals surface area contributed by atoms with Crippen molar-refractivity contribution in [3.8, 4) is 0 Å². The highest BCUT2D eigenvalue weighted by molar-refractivity contribution is 5.13. The molecular weight excluding hydrogens is 124 g/mol. The summed E-state index contributed by atoms with van der Waals surface area (Å²) in [5.41, 5.74) is 1.35. The van der Waals surface area contributed by atoms with Crippen LogP contribution in [0.25, 0.3) is 0 Å². The SMILES string of the molecule is CC(C)c1ccncc1.N. The normalized spacial score (nSPS) is 9.10. The third kappa shape index (κ3) is 2.15. The van der Waals surface area contributed by atoms with Crippen LogP contribution in [-0.4, -0.2) is 4.98 Å². The molecule has 10 heavy (non-hydrogen) atoms. The lowest BCUT2D eigenvalue weighted by Gasteiger charge is -2.01. The molecule has 1 aromatic rings. The smallest absolute Gasteiger partial charge is 0.0270 e. The molecule has 2 heteroatoms. The van der Waals surface area contributed by atoms with Crippen molar-refractivity contribution in [3.63, 3.8) is 0 Å². The topological polar surface area (TPSA) is 47.9 Å². The Morgan fingerprint density at radius 3 is 2.00 bits per heavy atom. The molecule has 0 radical (unpaired) electrons. The Balaban J connectivity index is 0.000000810. The van der Waals surface area contributed by atoms with E-state index < -0.39 is 0 Å². The zero-order valence-electron chi connectivity index (χ0n) is 6.54. The van der Waals surface area contributed by atoms with E-state index in [4.69, 9.17) is 0 Å². The molecular formula is C8H14N2. The van der Waals surface area contributed by atoms with Crippen LogP contribution in [-0.2, 0) is 0 Å². The van der Waals surface area contributed by atoms with Crippen LogP contribution in [0, 0.1) is 0 Å². The lowest BCUT2D eigenvalue weighted by Crippen LogP contribution is -1.85. The van der Waals surface area contributed by atoms with Crippen molar-refractivity contribution in [2.45, 2.75) is 19.8 Å². The van der Waals surface area contributed by atoms with Gasteiger partial charge in [-0.2, -0.15) is 0 Å². The summed E-state index contributed by atoms with van der Waals surface area (Å²) in [7, 11) is 0. The maximum Gasteiger partial charge on any atom is 0.0270 e. The van der Waals surface area contributed by atoms with Crippen molar-refractivity contribution >= 4 is 0 Å². The van der Waals surface area contributed by atoms with E-state index >= 15 is 0 Å². The summed E-state index contributed by atoms with van der Waals surface area (Å²) in [6.07, 6.45) is 3.66. The minimum Gasteiger partial charge on any atom is -0.344 e. The quantitative estimate of drug-likeness (QED) is 0.647. The van der Waals surface area contributed by atoms with E-state index in [9.17, 15) is 0 Å². The Kier molecular flexibility index (Phi) is 3.65. The summed E-state index contributed by atoms with van der Waals surface area (Å²) in [4.78, 5) is 3.93. The molecule has 0 atom stereocenters. The minimum atomic E-state index is 0. The Labute approximate surface area is 61.9 Å². The summed E-state index contributed by atoms with van der Waals surface area (Å²) >= 11 is 0. The lowest BCUT2D eigenvalue weighted by molar-refractivity contribution is 0.863. The molecule has 0 aliphatic heterocycles. The van der Waals surface area contributed by atoms with Crippen molar-refractivity contribution in [2.75, 3.05) is 0 Å². The maximum absolute atomic E-state index is 3.93. The second-order valence-electron chi connectivity index (χ2n) is 2.44. The molecule has 1 heterocycles. The zero-order chi connectivity index (χ0) is 6.69. The molecule has 0 saturated carbocycles. The van der Waals surface area contributed by atoms with Gasteiger partial charge in [-0.1, -0.05) is 13.8 Å². The minimum absolute atomic E-state index is 0. The first-order valence-corrected chi connectivity index (χ1v) is 3.20. The summed E-state index contributed by atoms with van der Waals surface area (Å²) in [5.74, 6) is 0.619. The average Bonchev–Trinajstić information content (AvgIpc) is 1.90. The molecule has 0 aliphatic rings. The van der Waals surface area contributed by atoms with E-state index in [2.05, 4.69) is 18.8 Å². The van der Waals surface area contributed by atoms with Gasteiger partial charge < -0.3 is 6.15 Å². The highest BCUT2D eigenvalue weighted by atomic mass is 14.6. The van der Waals surface area contributed by atoms with Crippen molar-refractivity contribution in [1.29, 1.82) is 0 Å². The van der Waals surface area contributed by atoms with E-state index in [1.54, 1.807) is 0 Å². The molecule has 2 nitrogen and oxygen atoms in total. The summed E-state index contributed by atoms with van der Waals surface area (Å²) in [6.45, 7) is 4.35. The van der Waals surface area contributed by atoms with Gasteiger partial charge in [0.2, 0.25) is 0 Å². The molecule has 0 aliphatic carbocycles. The molecule has 0 amide bonds. The van der Waals surface area contributed by atoms with Gasteiger partial charge in [-0.25, -0.2) is 0 Å². The molecule has 3 N–H and O–H groups in total. The van der Waals surface area contributed by atoms with Crippen molar-refractivity contribution in [3.05, 3.63) is 30.1 Å². The lowest BCUT2D eigenvalue weighted by atomic mass is 10.1. The van der Waals surface area contributed by atoms with Crippen LogP contribution in [0.4, 0.5) is 0 Å². The van der Waals surface area contributed by atoms with Crippen LogP contribution < -0.4 is 6.15 Å². The standard InChI is InChI=1S/C8H11N.H3N/c1-7(2)8-3-5-9-6-4-8;/h3-7H,1-2H3;1H3. The van der Waals surface area contributed by atoms with Gasteiger partial charge in [0.25, 0.3) is 0 Å². The van der Waals surface area contributed by atoms with Crippen molar-refractivity contribution in [1.82, 2.24) is 11.1 Å². The van der Waals surface area contributed by atoms with Crippen LogP contribution in [0.5, 0.6) is 0 Å². The Morgan fingerprint density at radius 1 is 1.20 bits per heavy atom. The third-order valence-electron chi connectivity index (χ3n) is 1.37. The molecule has 1 aromatic heterocycles. The molecule has 1 rings (SSSR count). The monoisotopic (exact) mass is 138 g/mol. The first kappa shape index (κ1) is 9.11. The molecule has 0 spiro atoms. The van der Waals surface area contributed by atoms with Crippen molar-refractivity contribution in [2.24, 2.45) is 0 Å². The fraction of sp³-hybridized carbons (Fsp3) is 0.375. The van der Waals surface area contributed by atoms with Gasteiger partial charge in [0.15, 0.2) is 0 Å². The predicted molar refractivity (Wildman–Crippen MR) is 43.3 cm³/mol. The first-order valence-electron chi connectivity index (χ1n) is 3.20. The predicted octanol–water partition coefficient (Wildman–Crippen LogP) is 2.37. The Bertz CT molecular complexity index is 170. The van der Waals surface area contributed by atoms with Crippen LogP contribution in [0.2, 0.25) is 0 Å². The number of hydrogen-bond donors (Lipinski definition) is 1. The summed E-state index contributed by atoms with van der Waals surface area (Å²) in [6, 6.07) is 4.09. The number of rotatable bonds is 1. The third-order valence-corrected chi connectivity index (χ3v) is 1.37. The van der Waals surface area contributed by atoms with E-state index in [1.165, 1.54) is 5.56 Å². The second kappa shape index (κ2) is 4.01. The second-order valence-corrected chi connectivity index (χ2v) is 2.44. The van der Waals surface area contributed by atoms with Crippen LogP contribution >= 0.6 is 0 Å². The highest BCUT2D eigenvalue weighted by Gasteiger charge is 1.93. The van der Waals surface area contributed by atoms with E-state index in [0.717, 1.165) is 0 Å². The fourth-order valence-electron chi connectivity index (χ4n) is 0.748. The molecule has 0 fully saturated rings. The van der Waals surface area contributed by atoms with Crippen molar-refractivity contribution < 1.29 is 0 Å². The Morgan fingerprint density at radius 2 is 1.70 bits per heavy atom. The number of pyridine rings is 1. The van der Waals surface area contributed by atoms with Crippen LogP contribution in [0.1, 0.15) is 25.3 Å². The highest BCUT2D eigenvalue weighted by Crippen LogP contribution is 2.10. The summed E-state index contributed by atoms with van der Waals surface area (Å²) in [5, 5.41) is 0. The Hall–Kier alpha value is -0.890. The maximum atomic E-state index is 3.93. The van der Waals surface area contributed by atoms with E-state index in [0.29, 0.717) is 5.92 Å². The van der Waals surface area contributed by atoms with Crippen LogP contribution in [0.3, 0.4) is 0 Å². The van der Waals surface area contributed by atoms with Gasteiger partial charge in [-0.3, -0.25) is 4.98 Å². The number of nitrogens with zero attached hydrogens (tertiary/aromatic N) is 1. The number of aromatic nitrogens is 1. The molecule has 56 valence electrons. The van der Waals surface area contributed by atoms with E-state index in [-0.39, 0.29) is 6.15 Å². The largest absolute Gasteiger partial charge is 0.344 e. The zero-order valence-corrected chi connectivity index (χ0v) is 6.54. The van der Waals surface area contributed by atoms with Gasteiger partial charge in [-0.05, 0) is 23.6 Å². The molecule has 0 bridgehead atoms. The first-order chi connectivity index (χ1) is 4.30. The fourth-order valence-corrected chi connectivity index (χ4v) is 0.748. The van der Waals surface area contributed by atoms with Crippen LogP contribution in [0.15, 0.2) is 24.5 Å². The van der Waals surface area contributed by atoms with Gasteiger partial charge in [0.1, 0.15) is 0 Å². The summed E-state index contributed by atoms with van der Waals surface area (Å²) < 4.78 is 0. The van der Waals surface area contributed by atoms with E-state index in [1.807, 2.05) is 24.5 Å². The van der Waals surface area contributed by atoms with Gasteiger partial charge >= 0.3 is 0 Å². The average molecular weight is 138 g/mol. The van der Waals surface area contributed by atoms with Gasteiger partial charge in [-0.15, -0.1) is 0 Å². The van der Waals surface area contributed by atoms with Gasteiger partial charge in [0, 0.05) is 12.4 Å². The molecule has 0 unspecified atom stereocenters. The number of hydrogen-bond acceptors (Lipinski definition) is 2. The van der Waals surface area contributed by atoms with Gasteiger partial charge in [0.05, 0.1) is 0 Å².